The van der Waals surface area contributed by atoms with Crippen molar-refractivity contribution >= 4 is 33.2 Å². The molecule has 136 valence electrons. The lowest BCUT2D eigenvalue weighted by molar-refractivity contribution is 0.647. The lowest BCUT2D eigenvalue weighted by Gasteiger charge is -2.11. The van der Waals surface area contributed by atoms with E-state index in [-0.39, 0.29) is 5.56 Å². The topological polar surface area (TPSA) is 47.8 Å². The quantitative estimate of drug-likeness (QED) is 0.482. The van der Waals surface area contributed by atoms with Crippen molar-refractivity contribution in [1.82, 2.24) is 14.8 Å². The summed E-state index contributed by atoms with van der Waals surface area (Å²) in [6, 6.07) is 13.7. The second kappa shape index (κ2) is 6.91. The van der Waals surface area contributed by atoms with Crippen LogP contribution in [0.15, 0.2) is 47.3 Å². The van der Waals surface area contributed by atoms with Gasteiger partial charge in [0, 0.05) is 10.6 Å². The Labute approximate surface area is 166 Å². The van der Waals surface area contributed by atoms with Crippen LogP contribution in [0.3, 0.4) is 0 Å². The molecule has 2 heterocycles. The first kappa shape index (κ1) is 17.9. The molecule has 0 aliphatic heterocycles. The third-order valence-electron chi connectivity index (χ3n) is 4.55. The van der Waals surface area contributed by atoms with Crippen molar-refractivity contribution in [1.29, 1.82) is 0 Å². The molecule has 0 spiro atoms. The molecule has 0 saturated carbocycles. The molecule has 4 nitrogen and oxygen atoms in total. The fourth-order valence-electron chi connectivity index (χ4n) is 3.10. The van der Waals surface area contributed by atoms with Gasteiger partial charge in [0.1, 0.15) is 5.69 Å². The molecule has 0 saturated heterocycles. The molecule has 0 N–H and O–H groups in total. The molecule has 0 atom stereocenters. The van der Waals surface area contributed by atoms with Crippen LogP contribution >= 0.6 is 22.9 Å². The summed E-state index contributed by atoms with van der Waals surface area (Å²) in [6.07, 6.45) is 0. The predicted octanol–water partition coefficient (Wildman–Crippen LogP) is 5.15. The van der Waals surface area contributed by atoms with Gasteiger partial charge >= 0.3 is 0 Å². The van der Waals surface area contributed by atoms with E-state index in [2.05, 4.69) is 23.2 Å². The van der Waals surface area contributed by atoms with Gasteiger partial charge in [0.25, 0.3) is 5.56 Å². The van der Waals surface area contributed by atoms with E-state index in [1.54, 1.807) is 0 Å². The molecule has 2 aromatic heterocycles. The van der Waals surface area contributed by atoms with E-state index in [0.29, 0.717) is 17.1 Å². The van der Waals surface area contributed by atoms with Crippen LogP contribution in [0.1, 0.15) is 21.7 Å². The van der Waals surface area contributed by atoms with Crippen LogP contribution in [0.2, 0.25) is 5.02 Å². The molecule has 0 amide bonds. The van der Waals surface area contributed by atoms with E-state index in [1.807, 2.05) is 45.0 Å². The maximum atomic E-state index is 13.0. The van der Waals surface area contributed by atoms with Crippen molar-refractivity contribution in [3.63, 3.8) is 0 Å². The van der Waals surface area contributed by atoms with Gasteiger partial charge in [0.15, 0.2) is 5.52 Å². The van der Waals surface area contributed by atoms with Gasteiger partial charge in [0.2, 0.25) is 0 Å². The Kier molecular flexibility index (Phi) is 4.58. The number of aromatic nitrogens is 3. The van der Waals surface area contributed by atoms with Gasteiger partial charge in [0.05, 0.1) is 16.3 Å². The highest BCUT2D eigenvalue weighted by atomic mass is 35.5. The van der Waals surface area contributed by atoms with Gasteiger partial charge in [-0.05, 0) is 44.0 Å². The Morgan fingerprint density at radius 2 is 1.81 bits per heavy atom. The average molecular weight is 396 g/mol. The van der Waals surface area contributed by atoms with Crippen molar-refractivity contribution < 1.29 is 0 Å². The van der Waals surface area contributed by atoms with Gasteiger partial charge in [-0.3, -0.25) is 4.79 Å². The van der Waals surface area contributed by atoms with Crippen LogP contribution in [0, 0.1) is 20.8 Å². The molecule has 0 aliphatic carbocycles. The van der Waals surface area contributed by atoms with Crippen LogP contribution in [0.4, 0.5) is 0 Å². The van der Waals surface area contributed by atoms with Gasteiger partial charge in [-0.25, -0.2) is 9.67 Å². The third-order valence-corrected chi connectivity index (χ3v) is 5.78. The molecule has 0 unspecified atom stereocenters. The van der Waals surface area contributed by atoms with E-state index in [0.717, 1.165) is 37.7 Å². The number of hydrogen-bond acceptors (Lipinski definition) is 4. The normalized spacial score (nSPS) is 11.3. The van der Waals surface area contributed by atoms with Gasteiger partial charge in [-0.2, -0.15) is 5.10 Å². The summed E-state index contributed by atoms with van der Waals surface area (Å²) in [4.78, 5) is 17.5. The van der Waals surface area contributed by atoms with Crippen molar-refractivity contribution in [3.8, 4) is 11.3 Å². The largest absolute Gasteiger partial charge is 0.294 e. The fourth-order valence-corrected chi connectivity index (χ4v) is 4.15. The second-order valence-corrected chi connectivity index (χ2v) is 8.30. The molecular weight excluding hydrogens is 378 g/mol. The first-order chi connectivity index (χ1) is 12.9. The van der Waals surface area contributed by atoms with E-state index in [1.165, 1.54) is 16.0 Å². The fraction of sp³-hybridized carbons (Fsp3) is 0.190. The van der Waals surface area contributed by atoms with Crippen molar-refractivity contribution in [2.24, 2.45) is 0 Å². The van der Waals surface area contributed by atoms with Gasteiger partial charge in [-0.15, -0.1) is 11.3 Å². The lowest BCUT2D eigenvalue weighted by atomic mass is 10.1. The number of nitrogens with zero attached hydrogens (tertiary/aromatic N) is 3. The SMILES string of the molecule is Cc1ccc(C)c(Cn2nc(-c3ccc(Cl)cc3)c3sc(C)nc3c2=O)c1. The summed E-state index contributed by atoms with van der Waals surface area (Å²) in [5, 5.41) is 6.23. The zero-order chi connectivity index (χ0) is 19.1. The average Bonchev–Trinajstić information content (AvgIpc) is 3.03. The smallest absolute Gasteiger partial charge is 0.265 e. The Morgan fingerprint density at radius 3 is 2.56 bits per heavy atom. The number of thiazole rings is 1. The number of aryl methyl sites for hydroxylation is 3. The van der Waals surface area contributed by atoms with Crippen LogP contribution in [-0.2, 0) is 6.54 Å². The summed E-state index contributed by atoms with van der Waals surface area (Å²) in [6.45, 7) is 6.42. The predicted molar refractivity (Wildman–Crippen MR) is 112 cm³/mol. The summed E-state index contributed by atoms with van der Waals surface area (Å²) >= 11 is 7.52. The molecule has 4 aromatic rings. The first-order valence-electron chi connectivity index (χ1n) is 8.62. The lowest BCUT2D eigenvalue weighted by Crippen LogP contribution is -2.24. The Balaban J connectivity index is 1.93. The summed E-state index contributed by atoms with van der Waals surface area (Å²) in [5.74, 6) is 0. The standard InChI is InChI=1S/C21H18ClN3OS/c1-12-4-5-13(2)16(10-12)11-25-21(26)19-20(27-14(3)23-19)18(24-25)15-6-8-17(22)9-7-15/h4-10H,11H2,1-3H3. The highest BCUT2D eigenvalue weighted by Gasteiger charge is 2.17. The molecule has 27 heavy (non-hydrogen) atoms. The molecule has 4 rings (SSSR count). The van der Waals surface area contributed by atoms with Gasteiger partial charge in [-0.1, -0.05) is 47.5 Å². The number of benzene rings is 2. The Morgan fingerprint density at radius 1 is 1.07 bits per heavy atom. The molecular formula is C21H18ClN3OS. The maximum Gasteiger partial charge on any atom is 0.294 e. The van der Waals surface area contributed by atoms with Crippen LogP contribution < -0.4 is 5.56 Å². The number of fused-ring (bicyclic) bond motifs is 1. The number of halogens is 1. The molecule has 0 bridgehead atoms. The number of hydrogen-bond donors (Lipinski definition) is 0. The highest BCUT2D eigenvalue weighted by Crippen LogP contribution is 2.30. The van der Waals surface area contributed by atoms with E-state index < -0.39 is 0 Å². The molecule has 0 aliphatic rings. The Bertz CT molecular complexity index is 1210. The molecule has 6 heteroatoms. The number of rotatable bonds is 3. The van der Waals surface area contributed by atoms with Crippen molar-refractivity contribution in [3.05, 3.63) is 79.5 Å². The summed E-state index contributed by atoms with van der Waals surface area (Å²) in [5.41, 5.74) is 5.37. The Hall–Kier alpha value is -2.50. The monoisotopic (exact) mass is 395 g/mol. The highest BCUT2D eigenvalue weighted by molar-refractivity contribution is 7.19. The molecule has 2 aromatic carbocycles. The van der Waals surface area contributed by atoms with E-state index in [9.17, 15) is 4.79 Å². The van der Waals surface area contributed by atoms with Crippen LogP contribution in [0.5, 0.6) is 0 Å². The van der Waals surface area contributed by atoms with Crippen LogP contribution in [0.25, 0.3) is 21.5 Å². The van der Waals surface area contributed by atoms with Crippen LogP contribution in [-0.4, -0.2) is 14.8 Å². The maximum absolute atomic E-state index is 13.0. The zero-order valence-corrected chi connectivity index (χ0v) is 16.9. The second-order valence-electron chi connectivity index (χ2n) is 6.66. The molecule has 0 radical (unpaired) electrons. The minimum Gasteiger partial charge on any atom is -0.265 e. The first-order valence-corrected chi connectivity index (χ1v) is 9.82. The van der Waals surface area contributed by atoms with Gasteiger partial charge < -0.3 is 0 Å². The van der Waals surface area contributed by atoms with E-state index in [4.69, 9.17) is 16.7 Å². The van der Waals surface area contributed by atoms with Crippen molar-refractivity contribution in [2.45, 2.75) is 27.3 Å². The summed E-state index contributed by atoms with van der Waals surface area (Å²) in [7, 11) is 0. The van der Waals surface area contributed by atoms with E-state index >= 15 is 0 Å². The zero-order valence-electron chi connectivity index (χ0n) is 15.3. The van der Waals surface area contributed by atoms with Crippen molar-refractivity contribution in [2.75, 3.05) is 0 Å². The summed E-state index contributed by atoms with van der Waals surface area (Å²) < 4.78 is 2.34. The minimum absolute atomic E-state index is 0.159. The third kappa shape index (κ3) is 3.40. The molecule has 0 fully saturated rings. The minimum atomic E-state index is -0.159.